The SMILES string of the molecule is Cc1csc(Nc2ncc(SC(C)C3CCNCC3)cc2Oc2ccccc2)n1. The minimum absolute atomic E-state index is 0.545. The van der Waals surface area contributed by atoms with E-state index < -0.39 is 0 Å². The number of para-hydroxylation sites is 1. The molecule has 1 fully saturated rings. The molecule has 1 atom stereocenters. The van der Waals surface area contributed by atoms with E-state index in [4.69, 9.17) is 4.74 Å². The zero-order valence-electron chi connectivity index (χ0n) is 16.7. The molecular weight excluding hydrogens is 400 g/mol. The van der Waals surface area contributed by atoms with Gasteiger partial charge in [-0.25, -0.2) is 9.97 Å². The van der Waals surface area contributed by atoms with E-state index >= 15 is 0 Å². The van der Waals surface area contributed by atoms with E-state index in [1.807, 2.05) is 60.6 Å². The highest BCUT2D eigenvalue weighted by atomic mass is 32.2. The second-order valence-electron chi connectivity index (χ2n) is 7.26. The molecule has 0 spiro atoms. The van der Waals surface area contributed by atoms with Crippen LogP contribution in [0.3, 0.4) is 0 Å². The van der Waals surface area contributed by atoms with Gasteiger partial charge in [0.05, 0.1) is 5.69 Å². The normalized spacial score (nSPS) is 15.8. The number of aryl methyl sites for hydroxylation is 1. The van der Waals surface area contributed by atoms with Gasteiger partial charge in [0, 0.05) is 21.7 Å². The van der Waals surface area contributed by atoms with Crippen molar-refractivity contribution < 1.29 is 4.74 Å². The van der Waals surface area contributed by atoms with Gasteiger partial charge >= 0.3 is 0 Å². The molecule has 2 N–H and O–H groups in total. The van der Waals surface area contributed by atoms with E-state index in [1.54, 1.807) is 11.3 Å². The number of nitrogens with zero attached hydrogens (tertiary/aromatic N) is 2. The summed E-state index contributed by atoms with van der Waals surface area (Å²) in [7, 11) is 0. The van der Waals surface area contributed by atoms with Crippen molar-refractivity contribution in [3.63, 3.8) is 0 Å². The number of ether oxygens (including phenoxy) is 1. The molecule has 2 aromatic heterocycles. The first-order chi connectivity index (χ1) is 14.2. The fourth-order valence-corrected chi connectivity index (χ4v) is 5.29. The summed E-state index contributed by atoms with van der Waals surface area (Å²) in [6, 6.07) is 11.9. The summed E-state index contributed by atoms with van der Waals surface area (Å²) in [6.07, 6.45) is 4.40. The van der Waals surface area contributed by atoms with Gasteiger partial charge in [-0.05, 0) is 57.0 Å². The lowest BCUT2D eigenvalue weighted by molar-refractivity contribution is 0.373. The van der Waals surface area contributed by atoms with Gasteiger partial charge in [0.15, 0.2) is 16.7 Å². The summed E-state index contributed by atoms with van der Waals surface area (Å²) in [5.41, 5.74) is 0.992. The van der Waals surface area contributed by atoms with Crippen molar-refractivity contribution in [3.05, 3.63) is 53.7 Å². The van der Waals surface area contributed by atoms with Crippen LogP contribution in [0.2, 0.25) is 0 Å². The van der Waals surface area contributed by atoms with Gasteiger partial charge < -0.3 is 15.4 Å². The van der Waals surface area contributed by atoms with Crippen molar-refractivity contribution in [3.8, 4) is 11.5 Å². The van der Waals surface area contributed by atoms with Crippen LogP contribution in [-0.2, 0) is 0 Å². The van der Waals surface area contributed by atoms with Crippen LogP contribution in [-0.4, -0.2) is 28.3 Å². The number of rotatable bonds is 7. The van der Waals surface area contributed by atoms with E-state index in [-0.39, 0.29) is 0 Å². The largest absolute Gasteiger partial charge is 0.453 e. The molecule has 1 saturated heterocycles. The second-order valence-corrected chi connectivity index (χ2v) is 9.57. The van der Waals surface area contributed by atoms with E-state index in [2.05, 4.69) is 33.6 Å². The zero-order chi connectivity index (χ0) is 20.1. The number of pyridine rings is 1. The first-order valence-electron chi connectivity index (χ1n) is 9.97. The van der Waals surface area contributed by atoms with Crippen molar-refractivity contribution in [2.24, 2.45) is 5.92 Å². The predicted octanol–water partition coefficient (Wildman–Crippen LogP) is 5.86. The molecule has 3 aromatic rings. The van der Waals surface area contributed by atoms with Crippen molar-refractivity contribution >= 4 is 34.0 Å². The van der Waals surface area contributed by atoms with Gasteiger partial charge in [-0.2, -0.15) is 0 Å². The smallest absolute Gasteiger partial charge is 0.188 e. The molecular formula is C22H26N4OS2. The first kappa shape index (κ1) is 20.2. The topological polar surface area (TPSA) is 59.1 Å². The minimum Gasteiger partial charge on any atom is -0.453 e. The summed E-state index contributed by atoms with van der Waals surface area (Å²) in [4.78, 5) is 10.3. The van der Waals surface area contributed by atoms with E-state index in [0.717, 1.165) is 40.5 Å². The van der Waals surface area contributed by atoms with Crippen LogP contribution in [0.1, 0.15) is 25.5 Å². The van der Waals surface area contributed by atoms with Crippen LogP contribution in [0.15, 0.2) is 52.9 Å². The highest BCUT2D eigenvalue weighted by Gasteiger charge is 2.21. The molecule has 0 aliphatic carbocycles. The van der Waals surface area contributed by atoms with Crippen LogP contribution >= 0.6 is 23.1 Å². The Hall–Kier alpha value is -2.09. The highest BCUT2D eigenvalue weighted by molar-refractivity contribution is 8.00. The third-order valence-corrected chi connectivity index (χ3v) is 7.14. The summed E-state index contributed by atoms with van der Waals surface area (Å²) in [5, 5.41) is 10.1. The predicted molar refractivity (Wildman–Crippen MR) is 122 cm³/mol. The minimum atomic E-state index is 0.545. The highest BCUT2D eigenvalue weighted by Crippen LogP contribution is 2.37. The van der Waals surface area contributed by atoms with Crippen LogP contribution in [0, 0.1) is 12.8 Å². The number of hydrogen-bond acceptors (Lipinski definition) is 7. The molecule has 1 unspecified atom stereocenters. The molecule has 5 nitrogen and oxygen atoms in total. The van der Waals surface area contributed by atoms with Gasteiger partial charge in [-0.15, -0.1) is 23.1 Å². The molecule has 1 aliphatic heterocycles. The van der Waals surface area contributed by atoms with Crippen molar-refractivity contribution in [2.75, 3.05) is 18.4 Å². The molecule has 4 rings (SSSR count). The van der Waals surface area contributed by atoms with Crippen molar-refractivity contribution in [2.45, 2.75) is 36.8 Å². The maximum atomic E-state index is 6.18. The van der Waals surface area contributed by atoms with Gasteiger partial charge in [0.25, 0.3) is 0 Å². The molecule has 0 bridgehead atoms. The number of thiazole rings is 1. The zero-order valence-corrected chi connectivity index (χ0v) is 18.4. The number of benzene rings is 1. The maximum Gasteiger partial charge on any atom is 0.188 e. The maximum absolute atomic E-state index is 6.18. The van der Waals surface area contributed by atoms with Gasteiger partial charge in [-0.1, -0.05) is 25.1 Å². The standard InChI is InChI=1S/C22H26N4OS2/c1-15-14-28-22(25-15)26-21-20(27-18-6-4-3-5-7-18)12-19(13-24-21)29-16(2)17-8-10-23-11-9-17/h3-7,12-14,16-17,23H,8-11H2,1-2H3,(H,24,25,26). The Morgan fingerprint density at radius 2 is 2.03 bits per heavy atom. The van der Waals surface area contributed by atoms with Crippen molar-refractivity contribution in [1.29, 1.82) is 0 Å². The summed E-state index contributed by atoms with van der Waals surface area (Å²) in [6.45, 7) is 6.54. The average Bonchev–Trinajstić information content (AvgIpc) is 3.16. The fraction of sp³-hybridized carbons (Fsp3) is 0.364. The molecule has 7 heteroatoms. The molecule has 0 amide bonds. The number of anilines is 2. The van der Waals surface area contributed by atoms with Crippen LogP contribution in [0.25, 0.3) is 0 Å². The lowest BCUT2D eigenvalue weighted by Gasteiger charge is -2.27. The average molecular weight is 427 g/mol. The van der Waals surface area contributed by atoms with Crippen LogP contribution < -0.4 is 15.4 Å². The molecule has 1 aliphatic rings. The molecule has 0 radical (unpaired) electrons. The summed E-state index contributed by atoms with van der Waals surface area (Å²) in [5.74, 6) is 2.92. The number of hydrogen-bond donors (Lipinski definition) is 2. The van der Waals surface area contributed by atoms with Gasteiger partial charge in [0.1, 0.15) is 5.75 Å². The molecule has 29 heavy (non-hydrogen) atoms. The first-order valence-corrected chi connectivity index (χ1v) is 11.7. The Bertz CT molecular complexity index is 926. The summed E-state index contributed by atoms with van der Waals surface area (Å²) < 4.78 is 6.18. The molecule has 1 aromatic carbocycles. The number of aromatic nitrogens is 2. The Kier molecular flexibility index (Phi) is 6.69. The third kappa shape index (κ3) is 5.50. The second kappa shape index (κ2) is 9.61. The molecule has 0 saturated carbocycles. The lowest BCUT2D eigenvalue weighted by Crippen LogP contribution is -2.31. The Balaban J connectivity index is 1.55. The lowest BCUT2D eigenvalue weighted by atomic mass is 9.95. The Labute approximate surface area is 180 Å². The van der Waals surface area contributed by atoms with Crippen LogP contribution in [0.4, 0.5) is 10.9 Å². The van der Waals surface area contributed by atoms with Crippen LogP contribution in [0.5, 0.6) is 11.5 Å². The monoisotopic (exact) mass is 426 g/mol. The molecule has 3 heterocycles. The van der Waals surface area contributed by atoms with E-state index in [9.17, 15) is 0 Å². The summed E-state index contributed by atoms with van der Waals surface area (Å²) >= 11 is 3.45. The van der Waals surface area contributed by atoms with Crippen molar-refractivity contribution in [1.82, 2.24) is 15.3 Å². The number of thioether (sulfide) groups is 1. The van der Waals surface area contributed by atoms with E-state index in [0.29, 0.717) is 16.8 Å². The number of nitrogens with one attached hydrogen (secondary N) is 2. The van der Waals surface area contributed by atoms with Gasteiger partial charge in [-0.3, -0.25) is 0 Å². The number of piperidine rings is 1. The third-order valence-electron chi connectivity index (χ3n) is 5.01. The Morgan fingerprint density at radius 3 is 2.76 bits per heavy atom. The fourth-order valence-electron chi connectivity index (χ4n) is 3.42. The quantitative estimate of drug-likeness (QED) is 0.461. The molecule has 152 valence electrons. The van der Waals surface area contributed by atoms with Gasteiger partial charge in [0.2, 0.25) is 0 Å². The Morgan fingerprint density at radius 1 is 1.24 bits per heavy atom. The van der Waals surface area contributed by atoms with E-state index in [1.165, 1.54) is 12.8 Å².